The van der Waals surface area contributed by atoms with Crippen LogP contribution in [-0.2, 0) is 4.74 Å². The van der Waals surface area contributed by atoms with Crippen molar-refractivity contribution in [2.75, 3.05) is 5.32 Å². The number of piperidine rings is 1. The highest BCUT2D eigenvalue weighted by Gasteiger charge is 2.44. The smallest absolute Gasteiger partial charge is 0.410 e. The summed E-state index contributed by atoms with van der Waals surface area (Å²) in [5, 5.41) is 13.3. The Kier molecular flexibility index (Phi) is 4.13. The summed E-state index contributed by atoms with van der Waals surface area (Å²) < 4.78 is 5.56. The molecule has 0 aromatic heterocycles. The third kappa shape index (κ3) is 3.54. The maximum Gasteiger partial charge on any atom is 0.410 e. The molecule has 0 unspecified atom stereocenters. The zero-order valence-electron chi connectivity index (χ0n) is 14.1. The van der Waals surface area contributed by atoms with Gasteiger partial charge in [-0.05, 0) is 58.6 Å². The molecular formula is C18H26N2O3. The molecule has 2 bridgehead atoms. The summed E-state index contributed by atoms with van der Waals surface area (Å²) in [7, 11) is 0. The van der Waals surface area contributed by atoms with E-state index in [4.69, 9.17) is 4.74 Å². The van der Waals surface area contributed by atoms with Crippen molar-refractivity contribution < 1.29 is 14.6 Å². The molecule has 2 fully saturated rings. The standard InChI is InChI=1S/C18H26N2O3/c1-18(2,3)23-17(22)20-13-8-9-14(20)11-12(10-13)19-15-6-4-5-7-16(15)21/h4-7,12-14,19,21H,8-11H2,1-3H3/t12-,13+,14-. The van der Waals surface area contributed by atoms with Gasteiger partial charge in [-0.15, -0.1) is 0 Å². The molecule has 0 saturated carbocycles. The highest BCUT2D eigenvalue weighted by atomic mass is 16.6. The lowest BCUT2D eigenvalue weighted by Crippen LogP contribution is -2.51. The predicted molar refractivity (Wildman–Crippen MR) is 89.6 cm³/mol. The zero-order chi connectivity index (χ0) is 16.6. The SMILES string of the molecule is CC(C)(C)OC(=O)N1[C@@H]2CC[C@H]1C[C@@H](Nc1ccccc1O)C2. The number of rotatable bonds is 2. The monoisotopic (exact) mass is 318 g/mol. The van der Waals surface area contributed by atoms with E-state index in [2.05, 4.69) is 5.32 Å². The number of carbonyl (C=O) groups excluding carboxylic acids is 1. The molecule has 2 saturated heterocycles. The van der Waals surface area contributed by atoms with E-state index < -0.39 is 5.60 Å². The number of hydrogen-bond donors (Lipinski definition) is 2. The van der Waals surface area contributed by atoms with E-state index in [1.165, 1.54) is 0 Å². The molecular weight excluding hydrogens is 292 g/mol. The van der Waals surface area contributed by atoms with Crippen LogP contribution in [0.2, 0.25) is 0 Å². The van der Waals surface area contributed by atoms with E-state index in [1.54, 1.807) is 6.07 Å². The van der Waals surface area contributed by atoms with Crippen molar-refractivity contribution in [3.8, 4) is 5.75 Å². The van der Waals surface area contributed by atoms with Gasteiger partial charge in [0.1, 0.15) is 11.4 Å². The molecule has 2 aliphatic heterocycles. The molecule has 3 rings (SSSR count). The second kappa shape index (κ2) is 5.95. The number of phenolic OH excluding ortho intramolecular Hbond substituents is 1. The van der Waals surface area contributed by atoms with Gasteiger partial charge < -0.3 is 20.1 Å². The number of nitrogens with one attached hydrogen (secondary N) is 1. The van der Waals surface area contributed by atoms with Crippen molar-refractivity contribution in [2.45, 2.75) is 70.2 Å². The van der Waals surface area contributed by atoms with E-state index in [0.29, 0.717) is 0 Å². The third-order valence-electron chi connectivity index (χ3n) is 4.60. The van der Waals surface area contributed by atoms with Crippen molar-refractivity contribution in [3.05, 3.63) is 24.3 Å². The molecule has 2 heterocycles. The average molecular weight is 318 g/mol. The number of nitrogens with zero attached hydrogens (tertiary/aromatic N) is 1. The van der Waals surface area contributed by atoms with Crippen LogP contribution in [0.3, 0.4) is 0 Å². The lowest BCUT2D eigenvalue weighted by molar-refractivity contribution is 0.00682. The Morgan fingerprint density at radius 2 is 1.83 bits per heavy atom. The molecule has 5 nitrogen and oxygen atoms in total. The fraction of sp³-hybridized carbons (Fsp3) is 0.611. The number of amides is 1. The van der Waals surface area contributed by atoms with Gasteiger partial charge in [0.2, 0.25) is 0 Å². The van der Waals surface area contributed by atoms with Crippen LogP contribution >= 0.6 is 0 Å². The van der Waals surface area contributed by atoms with Crippen LogP contribution in [0.5, 0.6) is 5.75 Å². The highest BCUT2D eigenvalue weighted by molar-refractivity contribution is 5.70. The number of ether oxygens (including phenoxy) is 1. The number of aromatic hydroxyl groups is 1. The van der Waals surface area contributed by atoms with Gasteiger partial charge in [-0.2, -0.15) is 0 Å². The van der Waals surface area contributed by atoms with Crippen molar-refractivity contribution in [1.29, 1.82) is 0 Å². The summed E-state index contributed by atoms with van der Waals surface area (Å²) in [5.41, 5.74) is 0.309. The van der Waals surface area contributed by atoms with Crippen LogP contribution in [0.1, 0.15) is 46.5 Å². The largest absolute Gasteiger partial charge is 0.506 e. The van der Waals surface area contributed by atoms with Gasteiger partial charge in [0.25, 0.3) is 0 Å². The molecule has 5 heteroatoms. The normalized spacial score (nSPS) is 26.9. The number of benzene rings is 1. The Hall–Kier alpha value is -1.91. The summed E-state index contributed by atoms with van der Waals surface area (Å²) in [6.07, 6.45) is 3.66. The molecule has 2 N–H and O–H groups in total. The molecule has 126 valence electrons. The fourth-order valence-corrected chi connectivity index (χ4v) is 3.72. The van der Waals surface area contributed by atoms with Gasteiger partial charge in [-0.3, -0.25) is 0 Å². The molecule has 1 aromatic carbocycles. The zero-order valence-corrected chi connectivity index (χ0v) is 14.1. The predicted octanol–water partition coefficient (Wildman–Crippen LogP) is 3.73. The van der Waals surface area contributed by atoms with E-state index in [0.717, 1.165) is 31.4 Å². The maximum absolute atomic E-state index is 12.4. The van der Waals surface area contributed by atoms with Crippen molar-refractivity contribution >= 4 is 11.8 Å². The van der Waals surface area contributed by atoms with Crippen LogP contribution in [0, 0.1) is 0 Å². The number of fused-ring (bicyclic) bond motifs is 2. The molecule has 0 aliphatic carbocycles. The summed E-state index contributed by atoms with van der Waals surface area (Å²) in [6.45, 7) is 5.71. The van der Waals surface area contributed by atoms with Crippen molar-refractivity contribution in [3.63, 3.8) is 0 Å². The lowest BCUT2D eigenvalue weighted by Gasteiger charge is -2.40. The van der Waals surface area contributed by atoms with Crippen LogP contribution in [0.25, 0.3) is 0 Å². The molecule has 0 spiro atoms. The Labute approximate surface area is 137 Å². The number of hydrogen-bond acceptors (Lipinski definition) is 4. The quantitative estimate of drug-likeness (QED) is 0.816. The highest BCUT2D eigenvalue weighted by Crippen LogP contribution is 2.38. The van der Waals surface area contributed by atoms with E-state index in [9.17, 15) is 9.90 Å². The molecule has 23 heavy (non-hydrogen) atoms. The van der Waals surface area contributed by atoms with Crippen LogP contribution in [-0.4, -0.2) is 39.8 Å². The summed E-state index contributed by atoms with van der Waals surface area (Å²) in [4.78, 5) is 14.4. The molecule has 2 aliphatic rings. The van der Waals surface area contributed by atoms with Crippen LogP contribution < -0.4 is 5.32 Å². The topological polar surface area (TPSA) is 61.8 Å². The second-order valence-corrected chi connectivity index (χ2v) is 7.60. The third-order valence-corrected chi connectivity index (χ3v) is 4.60. The minimum atomic E-state index is -0.457. The average Bonchev–Trinajstić information content (AvgIpc) is 2.72. The first kappa shape index (κ1) is 16.0. The number of phenols is 1. The Morgan fingerprint density at radius 1 is 1.22 bits per heavy atom. The first-order chi connectivity index (χ1) is 10.8. The maximum atomic E-state index is 12.4. The number of para-hydroxylation sites is 2. The Balaban J connectivity index is 1.65. The first-order valence-electron chi connectivity index (χ1n) is 8.39. The van der Waals surface area contributed by atoms with Crippen molar-refractivity contribution in [2.24, 2.45) is 0 Å². The molecule has 1 aromatic rings. The molecule has 1 amide bonds. The van der Waals surface area contributed by atoms with Gasteiger partial charge in [-0.25, -0.2) is 4.79 Å². The molecule has 0 radical (unpaired) electrons. The van der Waals surface area contributed by atoms with Crippen molar-refractivity contribution in [1.82, 2.24) is 4.90 Å². The summed E-state index contributed by atoms with van der Waals surface area (Å²) >= 11 is 0. The van der Waals surface area contributed by atoms with Gasteiger partial charge in [-0.1, -0.05) is 12.1 Å². The lowest BCUT2D eigenvalue weighted by atomic mass is 9.97. The van der Waals surface area contributed by atoms with Gasteiger partial charge >= 0.3 is 6.09 Å². The number of anilines is 1. The fourth-order valence-electron chi connectivity index (χ4n) is 3.72. The second-order valence-electron chi connectivity index (χ2n) is 7.60. The van der Waals surface area contributed by atoms with Gasteiger partial charge in [0, 0.05) is 18.1 Å². The van der Waals surface area contributed by atoms with E-state index in [-0.39, 0.29) is 30.0 Å². The van der Waals surface area contributed by atoms with Gasteiger partial charge in [0.15, 0.2) is 0 Å². The minimum Gasteiger partial charge on any atom is -0.506 e. The van der Waals surface area contributed by atoms with Crippen LogP contribution in [0.4, 0.5) is 10.5 Å². The summed E-state index contributed by atoms with van der Waals surface area (Å²) in [5.74, 6) is 0.273. The van der Waals surface area contributed by atoms with Crippen LogP contribution in [0.15, 0.2) is 24.3 Å². The van der Waals surface area contributed by atoms with E-state index >= 15 is 0 Å². The summed E-state index contributed by atoms with van der Waals surface area (Å²) in [6, 6.07) is 8.03. The Morgan fingerprint density at radius 3 is 2.39 bits per heavy atom. The Bertz CT molecular complexity index is 568. The number of carbonyl (C=O) groups is 1. The van der Waals surface area contributed by atoms with E-state index in [1.807, 2.05) is 43.9 Å². The van der Waals surface area contributed by atoms with Gasteiger partial charge in [0.05, 0.1) is 5.69 Å². The minimum absolute atomic E-state index is 0.189. The molecule has 3 atom stereocenters. The first-order valence-corrected chi connectivity index (χ1v) is 8.39.